The molecular formula is C20H24N4O3S. The summed E-state index contributed by atoms with van der Waals surface area (Å²) < 4.78 is 14.2. The van der Waals surface area contributed by atoms with Crippen LogP contribution in [-0.4, -0.2) is 46.5 Å². The van der Waals surface area contributed by atoms with E-state index < -0.39 is 0 Å². The summed E-state index contributed by atoms with van der Waals surface area (Å²) in [6.07, 6.45) is 3.81. The molecule has 148 valence electrons. The molecule has 0 radical (unpaired) electrons. The first-order chi connectivity index (χ1) is 13.7. The number of hydrogen-bond acceptors (Lipinski definition) is 6. The highest BCUT2D eigenvalue weighted by molar-refractivity contribution is 7.22. The number of nitrogens with zero attached hydrogens (tertiary/aromatic N) is 4. The molecule has 1 fully saturated rings. The van der Waals surface area contributed by atoms with E-state index in [4.69, 9.17) is 14.5 Å². The Bertz CT molecular complexity index is 961. The predicted molar refractivity (Wildman–Crippen MR) is 109 cm³/mol. The number of aryl methyl sites for hydroxylation is 1. The average Bonchev–Trinajstić information content (AvgIpc) is 3.46. The van der Waals surface area contributed by atoms with Gasteiger partial charge in [0.2, 0.25) is 0 Å². The van der Waals surface area contributed by atoms with Gasteiger partial charge in [0.15, 0.2) is 10.8 Å². The minimum atomic E-state index is -0.153. The number of carbonyl (C=O) groups excluding carboxylic acids is 1. The second-order valence-electron chi connectivity index (χ2n) is 6.64. The zero-order valence-corrected chi connectivity index (χ0v) is 16.9. The minimum Gasteiger partial charge on any atom is -0.492 e. The Morgan fingerprint density at radius 3 is 3.00 bits per heavy atom. The number of fused-ring (bicyclic) bond motifs is 1. The van der Waals surface area contributed by atoms with Crippen molar-refractivity contribution in [3.05, 3.63) is 36.2 Å². The van der Waals surface area contributed by atoms with Gasteiger partial charge in [-0.15, -0.1) is 0 Å². The quantitative estimate of drug-likeness (QED) is 0.604. The van der Waals surface area contributed by atoms with Crippen LogP contribution in [0, 0.1) is 0 Å². The van der Waals surface area contributed by atoms with Crippen molar-refractivity contribution in [3.8, 4) is 5.75 Å². The molecule has 1 amide bonds. The maximum atomic E-state index is 13.3. The lowest BCUT2D eigenvalue weighted by Gasteiger charge is -2.22. The molecule has 0 unspecified atom stereocenters. The molecule has 1 aromatic carbocycles. The third-order valence-corrected chi connectivity index (χ3v) is 5.78. The summed E-state index contributed by atoms with van der Waals surface area (Å²) in [5.74, 6) is 0.585. The number of amides is 1. The fourth-order valence-corrected chi connectivity index (χ4v) is 4.32. The summed E-state index contributed by atoms with van der Waals surface area (Å²) >= 11 is 1.49. The lowest BCUT2D eigenvalue weighted by molar-refractivity contribution is 0.0912. The maximum Gasteiger partial charge on any atom is 0.280 e. The van der Waals surface area contributed by atoms with Crippen LogP contribution < -0.4 is 9.64 Å². The fourth-order valence-electron chi connectivity index (χ4n) is 3.33. The molecule has 2 aromatic heterocycles. The molecule has 1 aliphatic heterocycles. The largest absolute Gasteiger partial charge is 0.492 e. The van der Waals surface area contributed by atoms with Crippen molar-refractivity contribution in [3.63, 3.8) is 0 Å². The first kappa shape index (κ1) is 18.9. The molecule has 0 spiro atoms. The molecule has 0 aliphatic carbocycles. The van der Waals surface area contributed by atoms with Crippen LogP contribution in [0.4, 0.5) is 5.13 Å². The smallest absolute Gasteiger partial charge is 0.280 e. The van der Waals surface area contributed by atoms with Gasteiger partial charge >= 0.3 is 0 Å². The van der Waals surface area contributed by atoms with E-state index in [9.17, 15) is 4.79 Å². The molecule has 28 heavy (non-hydrogen) atoms. The number of hydrogen-bond donors (Lipinski definition) is 0. The Kier molecular flexibility index (Phi) is 5.59. The third-order valence-electron chi connectivity index (χ3n) is 4.74. The summed E-state index contributed by atoms with van der Waals surface area (Å²) in [4.78, 5) is 19.7. The first-order valence-electron chi connectivity index (χ1n) is 9.68. The average molecular weight is 401 g/mol. The van der Waals surface area contributed by atoms with Crippen molar-refractivity contribution >= 4 is 32.6 Å². The molecule has 7 nitrogen and oxygen atoms in total. The SMILES string of the molecule is CCOc1cccc2sc(N(C[C@H]3CCCO3)C(=O)c3ccn(CC)n3)nc12. The first-order valence-corrected chi connectivity index (χ1v) is 10.5. The second-order valence-corrected chi connectivity index (χ2v) is 7.65. The van der Waals surface area contributed by atoms with Crippen molar-refractivity contribution in [1.82, 2.24) is 14.8 Å². The van der Waals surface area contributed by atoms with Gasteiger partial charge in [-0.25, -0.2) is 4.98 Å². The van der Waals surface area contributed by atoms with Crippen molar-refractivity contribution in [2.24, 2.45) is 0 Å². The van der Waals surface area contributed by atoms with E-state index in [-0.39, 0.29) is 12.0 Å². The van der Waals surface area contributed by atoms with Crippen LogP contribution in [0.25, 0.3) is 10.2 Å². The van der Waals surface area contributed by atoms with E-state index in [1.165, 1.54) is 11.3 Å². The van der Waals surface area contributed by atoms with Gasteiger partial charge in [-0.05, 0) is 44.9 Å². The Morgan fingerprint density at radius 1 is 1.39 bits per heavy atom. The van der Waals surface area contributed by atoms with E-state index in [1.807, 2.05) is 38.2 Å². The van der Waals surface area contributed by atoms with Gasteiger partial charge in [0.1, 0.15) is 11.3 Å². The second kappa shape index (κ2) is 8.28. The van der Waals surface area contributed by atoms with Gasteiger partial charge in [-0.3, -0.25) is 14.4 Å². The number of benzene rings is 1. The minimum absolute atomic E-state index is 0.0237. The van der Waals surface area contributed by atoms with Crippen LogP contribution in [0.1, 0.15) is 37.2 Å². The highest BCUT2D eigenvalue weighted by atomic mass is 32.1. The predicted octanol–water partition coefficient (Wildman–Crippen LogP) is 3.74. The number of anilines is 1. The summed E-state index contributed by atoms with van der Waals surface area (Å²) in [5.41, 5.74) is 1.21. The zero-order chi connectivity index (χ0) is 19.5. The molecule has 4 rings (SSSR count). The summed E-state index contributed by atoms with van der Waals surface area (Å²) in [6, 6.07) is 7.61. The van der Waals surface area contributed by atoms with Crippen molar-refractivity contribution in [2.75, 3.05) is 24.7 Å². The number of para-hydroxylation sites is 1. The van der Waals surface area contributed by atoms with Gasteiger partial charge in [-0.1, -0.05) is 17.4 Å². The third kappa shape index (κ3) is 3.74. The zero-order valence-electron chi connectivity index (χ0n) is 16.1. The standard InChI is InChI=1S/C20H24N4O3S/c1-3-23-11-10-15(22-23)19(25)24(13-14-7-6-12-27-14)20-21-18-16(26-4-2)8-5-9-17(18)28-20/h5,8-11,14H,3-4,6-7,12-13H2,1-2H3/t14-/m1/s1. The normalized spacial score (nSPS) is 16.6. The van der Waals surface area contributed by atoms with Crippen LogP contribution in [0.15, 0.2) is 30.5 Å². The number of ether oxygens (including phenoxy) is 2. The van der Waals surface area contributed by atoms with E-state index in [0.717, 1.165) is 42.0 Å². The molecule has 3 aromatic rings. The molecule has 1 saturated heterocycles. The lowest BCUT2D eigenvalue weighted by Crippen LogP contribution is -2.37. The highest BCUT2D eigenvalue weighted by Gasteiger charge is 2.28. The van der Waals surface area contributed by atoms with E-state index in [2.05, 4.69) is 5.10 Å². The van der Waals surface area contributed by atoms with Crippen molar-refractivity contribution in [2.45, 2.75) is 39.3 Å². The molecule has 1 aliphatic rings. The van der Waals surface area contributed by atoms with Gasteiger partial charge in [0, 0.05) is 19.3 Å². The Hall–Kier alpha value is -2.45. The molecule has 3 heterocycles. The number of rotatable bonds is 7. The Balaban J connectivity index is 1.70. The van der Waals surface area contributed by atoms with E-state index >= 15 is 0 Å². The van der Waals surface area contributed by atoms with Gasteiger partial charge in [-0.2, -0.15) is 5.10 Å². The van der Waals surface area contributed by atoms with Gasteiger partial charge in [0.05, 0.1) is 24.0 Å². The molecule has 0 N–H and O–H groups in total. The fraction of sp³-hybridized carbons (Fsp3) is 0.450. The number of carbonyl (C=O) groups is 1. The van der Waals surface area contributed by atoms with Crippen LogP contribution in [0.3, 0.4) is 0 Å². The van der Waals surface area contributed by atoms with Crippen LogP contribution in [-0.2, 0) is 11.3 Å². The maximum absolute atomic E-state index is 13.3. The topological polar surface area (TPSA) is 69.5 Å². The van der Waals surface area contributed by atoms with E-state index in [0.29, 0.717) is 24.0 Å². The van der Waals surface area contributed by atoms with Gasteiger partial charge < -0.3 is 9.47 Å². The molecule has 8 heteroatoms. The summed E-state index contributed by atoms with van der Waals surface area (Å²) in [6.45, 7) is 6.45. The lowest BCUT2D eigenvalue weighted by atomic mass is 10.2. The molecule has 0 saturated carbocycles. The van der Waals surface area contributed by atoms with Crippen molar-refractivity contribution in [1.29, 1.82) is 0 Å². The van der Waals surface area contributed by atoms with E-state index in [1.54, 1.807) is 15.6 Å². The van der Waals surface area contributed by atoms with Crippen LogP contribution in [0.2, 0.25) is 0 Å². The molecule has 1 atom stereocenters. The van der Waals surface area contributed by atoms with Crippen LogP contribution >= 0.6 is 11.3 Å². The molecule has 0 bridgehead atoms. The Labute approximate surface area is 167 Å². The summed E-state index contributed by atoms with van der Waals surface area (Å²) in [7, 11) is 0. The highest BCUT2D eigenvalue weighted by Crippen LogP contribution is 2.35. The number of thiazole rings is 1. The Morgan fingerprint density at radius 2 is 2.29 bits per heavy atom. The van der Waals surface area contributed by atoms with Gasteiger partial charge in [0.25, 0.3) is 5.91 Å². The molecular weight excluding hydrogens is 376 g/mol. The number of aromatic nitrogens is 3. The van der Waals surface area contributed by atoms with Crippen molar-refractivity contribution < 1.29 is 14.3 Å². The van der Waals surface area contributed by atoms with Crippen LogP contribution in [0.5, 0.6) is 5.75 Å². The monoisotopic (exact) mass is 400 g/mol. The summed E-state index contributed by atoms with van der Waals surface area (Å²) in [5, 5.41) is 5.03.